The predicted octanol–water partition coefficient (Wildman–Crippen LogP) is 20.6. The average molecular weight is 962 g/mol. The second-order valence-electron chi connectivity index (χ2n) is 21.8. The molecule has 0 bridgehead atoms. The maximum atomic E-state index is 12.9. The molecule has 0 aromatic heterocycles. The Hall–Kier alpha value is -1.59. The first-order valence-electron chi connectivity index (χ1n) is 30.9. The van der Waals surface area contributed by atoms with Crippen molar-refractivity contribution in [2.24, 2.45) is 5.92 Å². The van der Waals surface area contributed by atoms with E-state index in [0.717, 1.165) is 63.7 Å². The Morgan fingerprint density at radius 1 is 0.279 bits per heavy atom. The van der Waals surface area contributed by atoms with E-state index in [0.29, 0.717) is 19.3 Å². The minimum Gasteiger partial charge on any atom is -0.462 e. The first-order valence-corrected chi connectivity index (χ1v) is 30.9. The highest BCUT2D eigenvalue weighted by Gasteiger charge is 2.19. The van der Waals surface area contributed by atoms with Crippen LogP contribution in [-0.4, -0.2) is 37.2 Å². The predicted molar refractivity (Wildman–Crippen MR) is 293 cm³/mol. The lowest BCUT2D eigenvalue weighted by Gasteiger charge is -2.18. The van der Waals surface area contributed by atoms with E-state index >= 15 is 0 Å². The highest BCUT2D eigenvalue weighted by molar-refractivity contribution is 5.71. The smallest absolute Gasteiger partial charge is 0.306 e. The van der Waals surface area contributed by atoms with Crippen LogP contribution in [0.2, 0.25) is 0 Å². The number of esters is 3. The van der Waals surface area contributed by atoms with Crippen molar-refractivity contribution in [3.63, 3.8) is 0 Å². The van der Waals surface area contributed by atoms with Crippen molar-refractivity contribution in [2.75, 3.05) is 13.2 Å². The maximum Gasteiger partial charge on any atom is 0.306 e. The zero-order valence-electron chi connectivity index (χ0n) is 46.6. The van der Waals surface area contributed by atoms with Crippen molar-refractivity contribution >= 4 is 17.9 Å². The number of carbonyl (C=O) groups is 3. The normalized spacial score (nSPS) is 12.0. The van der Waals surface area contributed by atoms with Gasteiger partial charge in [0.2, 0.25) is 0 Å². The molecule has 0 aliphatic heterocycles. The summed E-state index contributed by atoms with van der Waals surface area (Å²) in [4.78, 5) is 38.2. The van der Waals surface area contributed by atoms with Gasteiger partial charge in [-0.2, -0.15) is 0 Å². The van der Waals surface area contributed by atoms with Gasteiger partial charge in [-0.05, 0) is 25.2 Å². The summed E-state index contributed by atoms with van der Waals surface area (Å²) in [7, 11) is 0. The van der Waals surface area contributed by atoms with E-state index < -0.39 is 6.10 Å². The molecule has 0 heterocycles. The molecular formula is C62H120O6. The third-order valence-corrected chi connectivity index (χ3v) is 14.3. The molecule has 6 nitrogen and oxygen atoms in total. The van der Waals surface area contributed by atoms with Gasteiger partial charge in [0.25, 0.3) is 0 Å². The molecule has 0 aromatic rings. The number of carbonyl (C=O) groups excluding carboxylic acids is 3. The van der Waals surface area contributed by atoms with Gasteiger partial charge in [0, 0.05) is 19.3 Å². The summed E-state index contributed by atoms with van der Waals surface area (Å²) >= 11 is 0. The van der Waals surface area contributed by atoms with Crippen LogP contribution in [0.1, 0.15) is 355 Å². The quantitative estimate of drug-likeness (QED) is 0.0343. The summed E-state index contributed by atoms with van der Waals surface area (Å²) in [6.45, 7) is 9.08. The Morgan fingerprint density at radius 3 is 0.721 bits per heavy atom. The number of unbranched alkanes of at least 4 members (excludes halogenated alkanes) is 44. The van der Waals surface area contributed by atoms with E-state index in [9.17, 15) is 14.4 Å². The van der Waals surface area contributed by atoms with Crippen LogP contribution in [0.15, 0.2) is 0 Å². The Labute approximate surface area is 425 Å². The van der Waals surface area contributed by atoms with Crippen LogP contribution in [0.25, 0.3) is 0 Å². The fraction of sp³-hybridized carbons (Fsp3) is 0.952. The Bertz CT molecular complexity index is 1030. The van der Waals surface area contributed by atoms with Crippen LogP contribution in [0.3, 0.4) is 0 Å². The molecule has 0 rings (SSSR count). The van der Waals surface area contributed by atoms with Crippen molar-refractivity contribution in [2.45, 2.75) is 361 Å². The highest BCUT2D eigenvalue weighted by atomic mass is 16.6. The molecule has 0 saturated carbocycles. The molecule has 0 spiro atoms. The summed E-state index contributed by atoms with van der Waals surface area (Å²) < 4.78 is 16.9. The van der Waals surface area contributed by atoms with Crippen molar-refractivity contribution in [1.29, 1.82) is 0 Å². The second kappa shape index (κ2) is 56.3. The maximum absolute atomic E-state index is 12.9. The molecule has 0 amide bonds. The van der Waals surface area contributed by atoms with Gasteiger partial charge in [0.15, 0.2) is 6.10 Å². The topological polar surface area (TPSA) is 78.9 Å². The number of hydrogen-bond donors (Lipinski definition) is 0. The van der Waals surface area contributed by atoms with Crippen LogP contribution < -0.4 is 0 Å². The van der Waals surface area contributed by atoms with Gasteiger partial charge in [0.05, 0.1) is 0 Å². The minimum atomic E-state index is -0.762. The molecule has 0 saturated heterocycles. The molecule has 0 aliphatic carbocycles. The highest BCUT2D eigenvalue weighted by Crippen LogP contribution is 2.18. The monoisotopic (exact) mass is 961 g/mol. The molecule has 404 valence electrons. The molecule has 0 radical (unpaired) electrons. The molecule has 1 atom stereocenters. The second-order valence-corrected chi connectivity index (χ2v) is 21.8. The summed E-state index contributed by atoms with van der Waals surface area (Å²) in [6, 6.07) is 0. The van der Waals surface area contributed by atoms with Gasteiger partial charge in [-0.1, -0.05) is 317 Å². The number of rotatable bonds is 57. The van der Waals surface area contributed by atoms with Gasteiger partial charge in [0.1, 0.15) is 13.2 Å². The summed E-state index contributed by atoms with van der Waals surface area (Å²) in [5.74, 6) is 0.00321. The average Bonchev–Trinajstić information content (AvgIpc) is 3.32. The van der Waals surface area contributed by atoms with Gasteiger partial charge in [-0.25, -0.2) is 0 Å². The van der Waals surface area contributed by atoms with Gasteiger partial charge in [-0.3, -0.25) is 14.4 Å². The van der Waals surface area contributed by atoms with E-state index in [1.54, 1.807) is 0 Å². The van der Waals surface area contributed by atoms with Crippen LogP contribution in [0.5, 0.6) is 0 Å². The molecule has 0 aliphatic rings. The van der Waals surface area contributed by atoms with Crippen LogP contribution >= 0.6 is 0 Å². The first-order chi connectivity index (χ1) is 33.4. The summed E-state index contributed by atoms with van der Waals surface area (Å²) in [5.41, 5.74) is 0. The molecule has 0 unspecified atom stereocenters. The van der Waals surface area contributed by atoms with Crippen molar-refractivity contribution < 1.29 is 28.6 Å². The lowest BCUT2D eigenvalue weighted by atomic mass is 10.0. The van der Waals surface area contributed by atoms with E-state index in [2.05, 4.69) is 27.7 Å². The van der Waals surface area contributed by atoms with Crippen molar-refractivity contribution in [3.05, 3.63) is 0 Å². The van der Waals surface area contributed by atoms with Crippen LogP contribution in [0.4, 0.5) is 0 Å². The third-order valence-electron chi connectivity index (χ3n) is 14.3. The lowest BCUT2D eigenvalue weighted by Crippen LogP contribution is -2.30. The fourth-order valence-corrected chi connectivity index (χ4v) is 9.63. The lowest BCUT2D eigenvalue weighted by molar-refractivity contribution is -0.167. The number of ether oxygens (including phenoxy) is 3. The zero-order chi connectivity index (χ0) is 49.5. The Balaban J connectivity index is 4.28. The first kappa shape index (κ1) is 66.4. The van der Waals surface area contributed by atoms with Crippen LogP contribution in [0, 0.1) is 5.92 Å². The van der Waals surface area contributed by atoms with Gasteiger partial charge < -0.3 is 14.2 Å². The van der Waals surface area contributed by atoms with Crippen molar-refractivity contribution in [1.82, 2.24) is 0 Å². The van der Waals surface area contributed by atoms with E-state index in [1.165, 1.54) is 250 Å². The largest absolute Gasteiger partial charge is 0.462 e. The van der Waals surface area contributed by atoms with E-state index in [-0.39, 0.29) is 31.1 Å². The van der Waals surface area contributed by atoms with E-state index in [1.807, 2.05) is 0 Å². The molecule has 0 N–H and O–H groups in total. The summed E-state index contributed by atoms with van der Waals surface area (Å²) in [6.07, 6.45) is 62.4. The molecule has 68 heavy (non-hydrogen) atoms. The van der Waals surface area contributed by atoms with E-state index in [4.69, 9.17) is 14.2 Å². The van der Waals surface area contributed by atoms with Crippen LogP contribution in [-0.2, 0) is 28.6 Å². The fourth-order valence-electron chi connectivity index (χ4n) is 9.63. The standard InChI is InChI=1S/C62H120O6/c1-5-7-9-11-13-15-17-19-21-23-24-25-27-29-35-39-43-47-51-55-62(65)68-59(57-67-61(64)54-50-46-42-38-34-31-30-32-36-40-44-48-52-58(3)4)56-66-60(63)53-49-45-41-37-33-28-26-22-20-18-16-14-12-10-8-6-2/h58-59H,5-57H2,1-4H3/t59-/m0/s1. The number of hydrogen-bond acceptors (Lipinski definition) is 6. The van der Waals surface area contributed by atoms with Gasteiger partial charge >= 0.3 is 17.9 Å². The van der Waals surface area contributed by atoms with Gasteiger partial charge in [-0.15, -0.1) is 0 Å². The Morgan fingerprint density at radius 2 is 0.485 bits per heavy atom. The summed E-state index contributed by atoms with van der Waals surface area (Å²) in [5, 5.41) is 0. The molecule has 6 heteroatoms. The van der Waals surface area contributed by atoms with Crippen molar-refractivity contribution in [3.8, 4) is 0 Å². The third kappa shape index (κ3) is 55.3. The molecular weight excluding hydrogens is 841 g/mol. The zero-order valence-corrected chi connectivity index (χ0v) is 46.6. The minimum absolute atomic E-state index is 0.0615. The Kier molecular flexibility index (Phi) is 55.0. The molecule has 0 aromatic carbocycles. The SMILES string of the molecule is CCCCCCCCCCCCCCCCCCCCCC(=O)O[C@@H](COC(=O)CCCCCCCCCCCCCCCCCC)COC(=O)CCCCCCCCCCCCCCC(C)C. The molecule has 0 fully saturated rings.